The van der Waals surface area contributed by atoms with Crippen LogP contribution in [0.1, 0.15) is 46.7 Å². The fourth-order valence-electron chi connectivity index (χ4n) is 3.95. The lowest BCUT2D eigenvalue weighted by Crippen LogP contribution is -2.35. The number of Topliss-reactive ketones (excluding diaryl/α,β-unsaturated/α-hetero) is 1. The molecule has 0 unspecified atom stereocenters. The minimum absolute atomic E-state index is 0.0504. The normalized spacial score (nSPS) is 13.9. The first-order valence-corrected chi connectivity index (χ1v) is 12.0. The molecule has 1 aliphatic rings. The predicted molar refractivity (Wildman–Crippen MR) is 130 cm³/mol. The van der Waals surface area contributed by atoms with Crippen molar-refractivity contribution in [1.82, 2.24) is 10.1 Å². The Kier molecular flexibility index (Phi) is 6.96. The first-order valence-electron chi connectivity index (χ1n) is 10.8. The molecular weight excluding hydrogens is 444 g/mol. The lowest BCUT2D eigenvalue weighted by molar-refractivity contribution is 0.0984. The molecule has 0 aliphatic carbocycles. The van der Waals surface area contributed by atoms with Gasteiger partial charge in [-0.25, -0.2) is 0 Å². The highest BCUT2D eigenvalue weighted by atomic mass is 35.5. The summed E-state index contributed by atoms with van der Waals surface area (Å²) in [6, 6.07) is 11.4. The average molecular weight is 471 g/mol. The van der Waals surface area contributed by atoms with E-state index < -0.39 is 0 Å². The summed E-state index contributed by atoms with van der Waals surface area (Å²) < 4.78 is 6.14. The number of rotatable bonds is 7. The minimum atomic E-state index is 0.0504. The van der Waals surface area contributed by atoms with E-state index in [1.807, 2.05) is 43.3 Å². The van der Waals surface area contributed by atoms with Crippen molar-refractivity contribution in [2.24, 2.45) is 0 Å². The Balaban J connectivity index is 1.50. The molecule has 1 aliphatic heterocycles. The number of benzene rings is 1. The van der Waals surface area contributed by atoms with Gasteiger partial charge in [0.25, 0.3) is 0 Å². The number of amidine groups is 1. The molecule has 0 saturated carbocycles. The minimum Gasteiger partial charge on any atom is -0.377 e. The van der Waals surface area contributed by atoms with Gasteiger partial charge in [0.2, 0.25) is 0 Å². The number of aryl methyl sites for hydroxylation is 1. The zero-order valence-electron chi connectivity index (χ0n) is 18.4. The summed E-state index contributed by atoms with van der Waals surface area (Å²) in [5.41, 5.74) is 3.56. The van der Waals surface area contributed by atoms with Crippen LogP contribution in [0.15, 0.2) is 40.9 Å². The summed E-state index contributed by atoms with van der Waals surface area (Å²) >= 11 is 7.22. The van der Waals surface area contributed by atoms with E-state index in [0.717, 1.165) is 48.4 Å². The van der Waals surface area contributed by atoms with Crippen LogP contribution in [0.5, 0.6) is 0 Å². The third-order valence-electron chi connectivity index (χ3n) is 5.71. The Morgan fingerprint density at radius 1 is 1.19 bits per heavy atom. The van der Waals surface area contributed by atoms with E-state index in [1.165, 1.54) is 17.8 Å². The molecule has 3 aromatic rings. The van der Waals surface area contributed by atoms with E-state index in [0.29, 0.717) is 33.7 Å². The number of hydrogen-bond acceptors (Lipinski definition) is 6. The highest BCUT2D eigenvalue weighted by Gasteiger charge is 2.19. The fourth-order valence-corrected chi connectivity index (χ4v) is 4.96. The predicted octanol–water partition coefficient (Wildman–Crippen LogP) is 5.75. The Labute approximate surface area is 197 Å². The Morgan fingerprint density at radius 3 is 2.66 bits per heavy atom. The summed E-state index contributed by atoms with van der Waals surface area (Å²) in [6.45, 7) is 1.89. The number of piperidine rings is 1. The number of carbonyl (C=O) groups is 1. The van der Waals surface area contributed by atoms with Crippen molar-refractivity contribution in [3.05, 3.63) is 56.9 Å². The molecule has 168 valence electrons. The van der Waals surface area contributed by atoms with Gasteiger partial charge in [0.15, 0.2) is 5.78 Å². The monoisotopic (exact) mass is 470 g/mol. The second kappa shape index (κ2) is 9.88. The van der Waals surface area contributed by atoms with Crippen molar-refractivity contribution in [3.63, 3.8) is 0 Å². The van der Waals surface area contributed by atoms with Crippen molar-refractivity contribution >= 4 is 40.2 Å². The highest BCUT2D eigenvalue weighted by Crippen LogP contribution is 2.32. The van der Waals surface area contributed by atoms with Crippen molar-refractivity contribution in [1.29, 1.82) is 5.41 Å². The third-order valence-corrected chi connectivity index (χ3v) is 6.98. The van der Waals surface area contributed by atoms with Gasteiger partial charge in [-0.05, 0) is 43.5 Å². The van der Waals surface area contributed by atoms with E-state index in [2.05, 4.69) is 10.1 Å². The van der Waals surface area contributed by atoms with E-state index >= 15 is 0 Å². The number of halogens is 1. The molecule has 2 aromatic heterocycles. The van der Waals surface area contributed by atoms with Crippen molar-refractivity contribution < 1.29 is 9.32 Å². The maximum absolute atomic E-state index is 12.3. The van der Waals surface area contributed by atoms with E-state index in [9.17, 15) is 4.79 Å². The maximum atomic E-state index is 12.3. The molecule has 0 atom stereocenters. The van der Waals surface area contributed by atoms with Crippen LogP contribution >= 0.6 is 22.9 Å². The van der Waals surface area contributed by atoms with Crippen LogP contribution in [0.2, 0.25) is 4.34 Å². The summed E-state index contributed by atoms with van der Waals surface area (Å²) in [4.78, 5) is 17.2. The largest absolute Gasteiger partial charge is 0.377 e. The number of thiophene rings is 1. The number of ketones is 1. The fraction of sp³-hybridized carbons (Fsp3) is 0.375. The molecule has 32 heavy (non-hydrogen) atoms. The van der Waals surface area contributed by atoms with Crippen LogP contribution in [-0.4, -0.2) is 48.9 Å². The number of hydrogen-bond donors (Lipinski definition) is 1. The van der Waals surface area contributed by atoms with E-state index in [1.54, 1.807) is 12.1 Å². The van der Waals surface area contributed by atoms with Crippen molar-refractivity contribution in [3.8, 4) is 11.3 Å². The highest BCUT2D eigenvalue weighted by molar-refractivity contribution is 7.18. The molecule has 0 bridgehead atoms. The van der Waals surface area contributed by atoms with E-state index in [4.69, 9.17) is 21.5 Å². The van der Waals surface area contributed by atoms with Crippen LogP contribution in [-0.2, 0) is 6.42 Å². The van der Waals surface area contributed by atoms with Gasteiger partial charge in [0, 0.05) is 62.9 Å². The van der Waals surface area contributed by atoms with Gasteiger partial charge in [0.1, 0.15) is 17.3 Å². The van der Waals surface area contributed by atoms with Crippen LogP contribution in [0, 0.1) is 5.41 Å². The van der Waals surface area contributed by atoms with Gasteiger partial charge in [-0.3, -0.25) is 10.2 Å². The molecule has 1 fully saturated rings. The Hall–Kier alpha value is -2.64. The number of nitrogens with one attached hydrogen (secondary N) is 1. The molecule has 0 radical (unpaired) electrons. The smallest absolute Gasteiger partial charge is 0.173 e. The van der Waals surface area contributed by atoms with Crippen LogP contribution < -0.4 is 4.90 Å². The summed E-state index contributed by atoms with van der Waals surface area (Å²) in [5, 5.41) is 12.9. The Morgan fingerprint density at radius 2 is 1.97 bits per heavy atom. The zero-order valence-corrected chi connectivity index (χ0v) is 19.9. The van der Waals surface area contributed by atoms with Gasteiger partial charge in [-0.1, -0.05) is 22.8 Å². The first kappa shape index (κ1) is 22.6. The molecule has 4 rings (SSSR count). The number of carbonyl (C=O) groups excluding carboxylic acids is 1. The molecule has 1 saturated heterocycles. The maximum Gasteiger partial charge on any atom is 0.173 e. The summed E-state index contributed by atoms with van der Waals surface area (Å²) in [5.74, 6) is 1.30. The van der Waals surface area contributed by atoms with Gasteiger partial charge >= 0.3 is 0 Å². The molecule has 0 amide bonds. The van der Waals surface area contributed by atoms with Gasteiger partial charge in [-0.15, -0.1) is 11.3 Å². The molecule has 8 heteroatoms. The van der Waals surface area contributed by atoms with Crippen LogP contribution in [0.25, 0.3) is 11.3 Å². The Bertz CT molecular complexity index is 1110. The van der Waals surface area contributed by atoms with Crippen LogP contribution in [0.3, 0.4) is 0 Å². The number of aromatic nitrogens is 1. The lowest BCUT2D eigenvalue weighted by atomic mass is 10.0. The second-order valence-electron chi connectivity index (χ2n) is 8.23. The van der Waals surface area contributed by atoms with Crippen LogP contribution in [0.4, 0.5) is 5.69 Å². The molecular formula is C24H27ClN4O2S. The molecule has 1 aromatic carbocycles. The van der Waals surface area contributed by atoms with E-state index in [-0.39, 0.29) is 5.78 Å². The second-order valence-corrected chi connectivity index (χ2v) is 9.94. The third kappa shape index (κ3) is 5.05. The molecule has 3 heterocycles. The number of likely N-dealkylation sites (tertiary alicyclic amines) is 1. The quantitative estimate of drug-likeness (QED) is 0.270. The van der Waals surface area contributed by atoms with Crippen molar-refractivity contribution in [2.45, 2.75) is 32.1 Å². The van der Waals surface area contributed by atoms with Crippen molar-refractivity contribution in [2.75, 3.05) is 32.1 Å². The molecule has 1 N–H and O–H groups in total. The lowest BCUT2D eigenvalue weighted by Gasteiger charge is -2.29. The topological polar surface area (TPSA) is 73.4 Å². The summed E-state index contributed by atoms with van der Waals surface area (Å²) in [7, 11) is 3.97. The first-order chi connectivity index (χ1) is 15.4. The molecule has 6 nitrogen and oxygen atoms in total. The summed E-state index contributed by atoms with van der Waals surface area (Å²) in [6.07, 6.45) is 4.36. The average Bonchev–Trinajstić information content (AvgIpc) is 3.46. The number of nitrogens with zero attached hydrogens (tertiary/aromatic N) is 3. The van der Waals surface area contributed by atoms with Gasteiger partial charge in [-0.2, -0.15) is 0 Å². The molecule has 0 spiro atoms. The zero-order chi connectivity index (χ0) is 22.7. The van der Waals surface area contributed by atoms with Gasteiger partial charge in [0.05, 0.1) is 9.21 Å². The SMILES string of the molecule is CN(C)c1cc(C(=N)N2CCCCC2)ccc1-c1cc(CCC(=O)c2ccc(Cl)s2)on1. The number of anilines is 1. The van der Waals surface area contributed by atoms with Gasteiger partial charge < -0.3 is 14.3 Å². The standard InChI is InChI=1S/C24H27ClN4O2S/c1-28(2)20-14-16(24(26)29-12-4-3-5-13-29)6-8-18(20)19-15-17(31-27-19)7-9-21(30)22-10-11-23(25)32-22/h6,8,10-11,14-15,26H,3-5,7,9,12-13H2,1-2H3.